The molecule has 0 bridgehead atoms. The molecule has 0 saturated heterocycles. The minimum absolute atomic E-state index is 0.375. The summed E-state index contributed by atoms with van der Waals surface area (Å²) in [6.07, 6.45) is -4.38. The molecule has 1 atom stereocenters. The zero-order valence-electron chi connectivity index (χ0n) is 9.38. The fourth-order valence-electron chi connectivity index (χ4n) is 1.82. The number of carbonyl (C=O) groups is 1. The van der Waals surface area contributed by atoms with Crippen molar-refractivity contribution in [2.75, 3.05) is 0 Å². The summed E-state index contributed by atoms with van der Waals surface area (Å²) in [7, 11) is 0. The lowest BCUT2D eigenvalue weighted by molar-refractivity contribution is -0.137. The van der Waals surface area contributed by atoms with E-state index in [1.165, 1.54) is 12.1 Å². The van der Waals surface area contributed by atoms with Crippen LogP contribution >= 0.6 is 0 Å². The second-order valence-electron chi connectivity index (χ2n) is 4.06. The Hall–Kier alpha value is -1.98. The summed E-state index contributed by atoms with van der Waals surface area (Å²) in [5, 5.41) is 11.9. The molecule has 0 radical (unpaired) electrons. The topological polar surface area (TPSA) is 49.3 Å². The van der Waals surface area contributed by atoms with Crippen molar-refractivity contribution in [1.82, 2.24) is 5.32 Å². The molecule has 1 aliphatic rings. The van der Waals surface area contributed by atoms with Gasteiger partial charge in [-0.15, -0.1) is 0 Å². The maximum Gasteiger partial charge on any atom is 0.416 e. The van der Waals surface area contributed by atoms with E-state index in [0.29, 0.717) is 11.1 Å². The van der Waals surface area contributed by atoms with Gasteiger partial charge in [-0.05, 0) is 24.6 Å². The Morgan fingerprint density at radius 1 is 1.22 bits per heavy atom. The Balaban J connectivity index is 2.30. The molecule has 6 heteroatoms. The van der Waals surface area contributed by atoms with Crippen LogP contribution in [0.5, 0.6) is 0 Å². The molecular weight excluding hydrogens is 247 g/mol. The largest absolute Gasteiger partial charge is 0.503 e. The van der Waals surface area contributed by atoms with E-state index in [2.05, 4.69) is 5.32 Å². The van der Waals surface area contributed by atoms with Crippen molar-refractivity contribution < 1.29 is 23.1 Å². The van der Waals surface area contributed by atoms with Gasteiger partial charge in [-0.3, -0.25) is 4.79 Å². The third-order valence-electron chi connectivity index (χ3n) is 2.87. The molecule has 1 aromatic carbocycles. The summed E-state index contributed by atoms with van der Waals surface area (Å²) in [5.41, 5.74) is 0.152. The highest BCUT2D eigenvalue weighted by Crippen LogP contribution is 2.32. The van der Waals surface area contributed by atoms with Crippen LogP contribution in [0.25, 0.3) is 0 Å². The lowest BCUT2D eigenvalue weighted by atomic mass is 10.0. The molecule has 0 saturated carbocycles. The first-order valence-electron chi connectivity index (χ1n) is 5.18. The number of amides is 1. The first kappa shape index (κ1) is 12.5. The fourth-order valence-corrected chi connectivity index (χ4v) is 1.82. The molecule has 1 amide bonds. The number of nitrogens with one attached hydrogen (secondary N) is 1. The average molecular weight is 257 g/mol. The first-order chi connectivity index (χ1) is 8.30. The lowest BCUT2D eigenvalue weighted by Crippen LogP contribution is -2.22. The Labute approximate surface area is 101 Å². The van der Waals surface area contributed by atoms with Gasteiger partial charge in [0.2, 0.25) is 0 Å². The van der Waals surface area contributed by atoms with Gasteiger partial charge >= 0.3 is 6.18 Å². The number of carbonyl (C=O) groups excluding carboxylic acids is 1. The number of aliphatic hydroxyl groups excluding tert-OH is 1. The number of rotatable bonds is 1. The van der Waals surface area contributed by atoms with Crippen molar-refractivity contribution in [2.45, 2.75) is 19.1 Å². The van der Waals surface area contributed by atoms with Crippen LogP contribution < -0.4 is 5.32 Å². The van der Waals surface area contributed by atoms with Crippen LogP contribution in [0.1, 0.15) is 24.1 Å². The number of hydrogen-bond donors (Lipinski definition) is 2. The van der Waals surface area contributed by atoms with Crippen molar-refractivity contribution >= 4 is 5.91 Å². The van der Waals surface area contributed by atoms with Crippen molar-refractivity contribution in [1.29, 1.82) is 0 Å². The fraction of sp³-hybridized carbons (Fsp3) is 0.250. The van der Waals surface area contributed by atoms with Gasteiger partial charge in [-0.1, -0.05) is 12.1 Å². The van der Waals surface area contributed by atoms with Gasteiger partial charge in [-0.25, -0.2) is 0 Å². The molecule has 96 valence electrons. The predicted octanol–water partition coefficient (Wildman–Crippen LogP) is 2.71. The molecule has 2 N–H and O–H groups in total. The van der Waals surface area contributed by atoms with Crippen molar-refractivity contribution in [3.8, 4) is 0 Å². The molecule has 0 aliphatic carbocycles. The highest BCUT2D eigenvalue weighted by molar-refractivity contribution is 5.95. The van der Waals surface area contributed by atoms with E-state index in [4.69, 9.17) is 0 Å². The Kier molecular flexibility index (Phi) is 2.80. The number of hydrogen-bond acceptors (Lipinski definition) is 2. The van der Waals surface area contributed by atoms with Gasteiger partial charge in [-0.2, -0.15) is 13.2 Å². The van der Waals surface area contributed by atoms with E-state index in [-0.39, 0.29) is 5.76 Å². The van der Waals surface area contributed by atoms with Gasteiger partial charge in [0.05, 0.1) is 11.6 Å². The summed E-state index contributed by atoms with van der Waals surface area (Å²) < 4.78 is 37.1. The summed E-state index contributed by atoms with van der Waals surface area (Å²) in [6.45, 7) is 1.55. The van der Waals surface area contributed by atoms with Crippen molar-refractivity contribution in [3.63, 3.8) is 0 Å². The second-order valence-corrected chi connectivity index (χ2v) is 4.06. The molecule has 0 fully saturated rings. The van der Waals surface area contributed by atoms with Gasteiger partial charge in [0.15, 0.2) is 5.76 Å². The lowest BCUT2D eigenvalue weighted by Gasteiger charge is -2.13. The van der Waals surface area contributed by atoms with Crippen molar-refractivity contribution in [3.05, 3.63) is 46.7 Å². The van der Waals surface area contributed by atoms with E-state index in [1.807, 2.05) is 0 Å². The average Bonchev–Trinajstić information content (AvgIpc) is 2.56. The Bertz CT molecular complexity index is 517. The van der Waals surface area contributed by atoms with Gasteiger partial charge in [0.25, 0.3) is 5.91 Å². The number of benzene rings is 1. The van der Waals surface area contributed by atoms with Gasteiger partial charge in [0, 0.05) is 5.57 Å². The minimum atomic E-state index is -4.38. The highest BCUT2D eigenvalue weighted by atomic mass is 19.4. The normalized spacial score (nSPS) is 20.2. The van der Waals surface area contributed by atoms with Crippen LogP contribution in [-0.4, -0.2) is 11.0 Å². The highest BCUT2D eigenvalue weighted by Gasteiger charge is 2.32. The molecule has 1 aromatic rings. The molecular formula is C12H10F3NO2. The molecule has 0 spiro atoms. The SMILES string of the molecule is CC1=C(O)C(=O)NC1c1ccc(C(F)(F)F)cc1. The predicted molar refractivity (Wildman–Crippen MR) is 57.7 cm³/mol. The molecule has 1 unspecified atom stereocenters. The molecule has 0 aromatic heterocycles. The first-order valence-corrected chi connectivity index (χ1v) is 5.18. The van der Waals surface area contributed by atoms with Crippen molar-refractivity contribution in [2.24, 2.45) is 0 Å². The molecule has 18 heavy (non-hydrogen) atoms. The zero-order valence-corrected chi connectivity index (χ0v) is 9.38. The molecule has 1 heterocycles. The number of halogens is 3. The standard InChI is InChI=1S/C12H10F3NO2/c1-6-9(16-11(18)10(6)17)7-2-4-8(5-3-7)12(13,14)15/h2-5,9,17H,1H3,(H,16,18). The van der Waals surface area contributed by atoms with Crippen LogP contribution in [0, 0.1) is 0 Å². The van der Waals surface area contributed by atoms with Gasteiger partial charge in [0.1, 0.15) is 0 Å². The molecule has 1 aliphatic heterocycles. The number of alkyl halides is 3. The van der Waals surface area contributed by atoms with Crippen LogP contribution in [0.2, 0.25) is 0 Å². The smallest absolute Gasteiger partial charge is 0.416 e. The summed E-state index contributed by atoms with van der Waals surface area (Å²) in [6, 6.07) is 3.90. The summed E-state index contributed by atoms with van der Waals surface area (Å²) in [5.74, 6) is -0.989. The Morgan fingerprint density at radius 3 is 2.17 bits per heavy atom. The maximum atomic E-state index is 12.4. The maximum absolute atomic E-state index is 12.4. The summed E-state index contributed by atoms with van der Waals surface area (Å²) in [4.78, 5) is 11.2. The quantitative estimate of drug-likeness (QED) is 0.812. The van der Waals surface area contributed by atoms with E-state index in [9.17, 15) is 23.1 Å². The van der Waals surface area contributed by atoms with Gasteiger partial charge < -0.3 is 10.4 Å². The third kappa shape index (κ3) is 2.05. The van der Waals surface area contributed by atoms with Crippen LogP contribution in [0.15, 0.2) is 35.6 Å². The minimum Gasteiger partial charge on any atom is -0.503 e. The van der Waals surface area contributed by atoms with E-state index in [0.717, 1.165) is 12.1 Å². The van der Waals surface area contributed by atoms with E-state index in [1.54, 1.807) is 6.92 Å². The molecule has 3 nitrogen and oxygen atoms in total. The molecule has 2 rings (SSSR count). The monoisotopic (exact) mass is 257 g/mol. The van der Waals surface area contributed by atoms with E-state index < -0.39 is 23.7 Å². The Morgan fingerprint density at radius 2 is 1.78 bits per heavy atom. The second kappa shape index (κ2) is 4.04. The van der Waals surface area contributed by atoms with E-state index >= 15 is 0 Å². The third-order valence-corrected chi connectivity index (χ3v) is 2.87. The summed E-state index contributed by atoms with van der Waals surface area (Å²) >= 11 is 0. The number of aliphatic hydroxyl groups is 1. The van der Waals surface area contributed by atoms with Crippen LogP contribution in [0.4, 0.5) is 13.2 Å². The van der Waals surface area contributed by atoms with Crippen LogP contribution in [0.3, 0.4) is 0 Å². The van der Waals surface area contributed by atoms with Crippen LogP contribution in [-0.2, 0) is 11.0 Å². The zero-order chi connectivity index (χ0) is 13.5.